The predicted octanol–water partition coefficient (Wildman–Crippen LogP) is 5.08. The number of nitrogen functional groups attached to an aromatic ring is 1. The zero-order valence-corrected chi connectivity index (χ0v) is 19.0. The SMILES string of the molecule is Nc1ccc(OC(=O)c2ccc(NC3=C(Cl)C(=O)N(c4cccc5ccccc45)C3=O)cc2)cc1. The first-order valence-electron chi connectivity index (χ1n) is 10.6. The predicted molar refractivity (Wildman–Crippen MR) is 135 cm³/mol. The lowest BCUT2D eigenvalue weighted by atomic mass is 10.1. The van der Waals surface area contributed by atoms with Gasteiger partial charge < -0.3 is 15.8 Å². The third-order valence-electron chi connectivity index (χ3n) is 5.52. The van der Waals surface area contributed by atoms with Gasteiger partial charge in [-0.25, -0.2) is 9.69 Å². The van der Waals surface area contributed by atoms with Crippen LogP contribution in [0.3, 0.4) is 0 Å². The smallest absolute Gasteiger partial charge is 0.343 e. The van der Waals surface area contributed by atoms with Crippen LogP contribution in [0.25, 0.3) is 10.8 Å². The third-order valence-corrected chi connectivity index (χ3v) is 5.87. The van der Waals surface area contributed by atoms with E-state index in [-0.39, 0.29) is 10.7 Å². The molecule has 0 radical (unpaired) electrons. The summed E-state index contributed by atoms with van der Waals surface area (Å²) in [6, 6.07) is 25.6. The quantitative estimate of drug-likeness (QED) is 0.178. The summed E-state index contributed by atoms with van der Waals surface area (Å²) >= 11 is 6.27. The van der Waals surface area contributed by atoms with Crippen LogP contribution in [-0.2, 0) is 9.59 Å². The summed E-state index contributed by atoms with van der Waals surface area (Å²) in [5.74, 6) is -1.36. The number of nitrogens with zero attached hydrogens (tertiary/aromatic N) is 1. The van der Waals surface area contributed by atoms with Crippen molar-refractivity contribution in [2.45, 2.75) is 0 Å². The summed E-state index contributed by atoms with van der Waals surface area (Å²) in [6.45, 7) is 0. The van der Waals surface area contributed by atoms with Crippen LogP contribution in [0.15, 0.2) is 102 Å². The highest BCUT2D eigenvalue weighted by atomic mass is 35.5. The lowest BCUT2D eigenvalue weighted by Crippen LogP contribution is -2.32. The average Bonchev–Trinajstić information content (AvgIpc) is 3.08. The number of halogens is 1. The molecule has 1 aliphatic heterocycles. The van der Waals surface area contributed by atoms with Gasteiger partial charge in [0.05, 0.1) is 11.3 Å². The van der Waals surface area contributed by atoms with Crippen molar-refractivity contribution in [3.8, 4) is 5.75 Å². The lowest BCUT2D eigenvalue weighted by molar-refractivity contribution is -0.120. The Morgan fingerprint density at radius 2 is 1.51 bits per heavy atom. The third kappa shape index (κ3) is 4.20. The summed E-state index contributed by atoms with van der Waals surface area (Å²) in [5, 5.41) is 4.35. The van der Waals surface area contributed by atoms with Gasteiger partial charge in [0.15, 0.2) is 0 Å². The van der Waals surface area contributed by atoms with Crippen LogP contribution in [0.2, 0.25) is 0 Å². The van der Waals surface area contributed by atoms with Gasteiger partial charge in [0, 0.05) is 16.8 Å². The molecule has 2 amide bonds. The van der Waals surface area contributed by atoms with Crippen LogP contribution < -0.4 is 20.7 Å². The van der Waals surface area contributed by atoms with E-state index in [4.69, 9.17) is 22.1 Å². The Hall–Kier alpha value is -4.62. The number of rotatable bonds is 5. The number of carbonyl (C=O) groups excluding carboxylic acids is 3. The number of hydrogen-bond donors (Lipinski definition) is 2. The highest BCUT2D eigenvalue weighted by Crippen LogP contribution is 2.34. The van der Waals surface area contributed by atoms with Crippen LogP contribution in [0.1, 0.15) is 10.4 Å². The molecule has 172 valence electrons. The highest BCUT2D eigenvalue weighted by Gasteiger charge is 2.39. The first-order valence-corrected chi connectivity index (χ1v) is 11.0. The van der Waals surface area contributed by atoms with Crippen molar-refractivity contribution in [2.75, 3.05) is 16.0 Å². The van der Waals surface area contributed by atoms with Crippen LogP contribution in [0.4, 0.5) is 17.1 Å². The molecule has 0 spiro atoms. The molecule has 8 heteroatoms. The Kier molecular flexibility index (Phi) is 5.68. The van der Waals surface area contributed by atoms with E-state index >= 15 is 0 Å². The van der Waals surface area contributed by atoms with Gasteiger partial charge in [-0.2, -0.15) is 0 Å². The number of fused-ring (bicyclic) bond motifs is 1. The van der Waals surface area contributed by atoms with E-state index in [2.05, 4.69) is 5.32 Å². The van der Waals surface area contributed by atoms with Gasteiger partial charge in [-0.3, -0.25) is 9.59 Å². The second kappa shape index (κ2) is 8.96. The van der Waals surface area contributed by atoms with Crippen LogP contribution in [-0.4, -0.2) is 17.8 Å². The van der Waals surface area contributed by atoms with Crippen molar-refractivity contribution in [1.29, 1.82) is 0 Å². The van der Waals surface area contributed by atoms with E-state index in [1.165, 1.54) is 0 Å². The summed E-state index contributed by atoms with van der Waals surface area (Å²) in [4.78, 5) is 39.6. The van der Waals surface area contributed by atoms with E-state index < -0.39 is 17.8 Å². The maximum absolute atomic E-state index is 13.2. The second-order valence-electron chi connectivity index (χ2n) is 7.79. The molecule has 4 aromatic carbocycles. The van der Waals surface area contributed by atoms with Crippen molar-refractivity contribution < 1.29 is 19.1 Å². The molecule has 3 N–H and O–H groups in total. The zero-order valence-electron chi connectivity index (χ0n) is 18.2. The summed E-state index contributed by atoms with van der Waals surface area (Å²) in [5.41, 5.74) is 7.39. The maximum atomic E-state index is 13.2. The van der Waals surface area contributed by atoms with E-state index in [1.54, 1.807) is 60.7 Å². The molecule has 1 aliphatic rings. The largest absolute Gasteiger partial charge is 0.423 e. The Labute approximate surface area is 205 Å². The molecule has 0 saturated heterocycles. The fourth-order valence-electron chi connectivity index (χ4n) is 3.77. The number of amides is 2. The minimum atomic E-state index is -0.612. The molecule has 1 heterocycles. The Balaban J connectivity index is 1.34. The molecule has 0 aromatic heterocycles. The Morgan fingerprint density at radius 1 is 0.829 bits per heavy atom. The normalized spacial score (nSPS) is 13.5. The minimum Gasteiger partial charge on any atom is -0.423 e. The van der Waals surface area contributed by atoms with Crippen molar-refractivity contribution >= 4 is 57.2 Å². The molecule has 35 heavy (non-hydrogen) atoms. The molecule has 0 atom stereocenters. The average molecular weight is 484 g/mol. The molecule has 5 rings (SSSR count). The van der Waals surface area contributed by atoms with Crippen molar-refractivity contribution in [1.82, 2.24) is 0 Å². The van der Waals surface area contributed by atoms with Gasteiger partial charge in [0.25, 0.3) is 11.8 Å². The lowest BCUT2D eigenvalue weighted by Gasteiger charge is -2.17. The van der Waals surface area contributed by atoms with Crippen LogP contribution in [0.5, 0.6) is 5.75 Å². The Morgan fingerprint density at radius 3 is 2.26 bits per heavy atom. The van der Waals surface area contributed by atoms with E-state index in [9.17, 15) is 14.4 Å². The summed E-state index contributed by atoms with van der Waals surface area (Å²) in [6.07, 6.45) is 0. The Bertz CT molecular complexity index is 1510. The van der Waals surface area contributed by atoms with Crippen LogP contribution in [0, 0.1) is 0 Å². The van der Waals surface area contributed by atoms with Gasteiger partial charge in [-0.15, -0.1) is 0 Å². The molecule has 0 fully saturated rings. The first-order chi connectivity index (χ1) is 16.9. The van der Waals surface area contributed by atoms with Gasteiger partial charge in [-0.1, -0.05) is 48.0 Å². The first kappa shape index (κ1) is 22.2. The number of esters is 1. The van der Waals surface area contributed by atoms with Gasteiger partial charge in [0.1, 0.15) is 16.5 Å². The van der Waals surface area contributed by atoms with Crippen molar-refractivity contribution in [2.24, 2.45) is 0 Å². The number of hydrogen-bond acceptors (Lipinski definition) is 6. The van der Waals surface area contributed by atoms with E-state index in [0.29, 0.717) is 28.4 Å². The molecule has 0 unspecified atom stereocenters. The molecule has 0 saturated carbocycles. The molecule has 4 aromatic rings. The van der Waals surface area contributed by atoms with E-state index in [1.807, 2.05) is 30.3 Å². The maximum Gasteiger partial charge on any atom is 0.343 e. The van der Waals surface area contributed by atoms with Crippen LogP contribution >= 0.6 is 11.6 Å². The molecular formula is C27H18ClN3O4. The zero-order chi connectivity index (χ0) is 24.5. The molecule has 0 bridgehead atoms. The number of ether oxygens (including phenoxy) is 1. The van der Waals surface area contributed by atoms with Crippen molar-refractivity contribution in [3.05, 3.63) is 107 Å². The minimum absolute atomic E-state index is 0.0400. The number of anilines is 3. The van der Waals surface area contributed by atoms with Gasteiger partial charge >= 0.3 is 5.97 Å². The monoisotopic (exact) mass is 483 g/mol. The molecule has 0 aliphatic carbocycles. The number of nitrogens with one attached hydrogen (secondary N) is 1. The number of benzene rings is 4. The fourth-order valence-corrected chi connectivity index (χ4v) is 3.98. The van der Waals surface area contributed by atoms with Gasteiger partial charge in [0.2, 0.25) is 0 Å². The van der Waals surface area contributed by atoms with E-state index in [0.717, 1.165) is 15.7 Å². The number of carbonyl (C=O) groups is 3. The topological polar surface area (TPSA) is 102 Å². The molecular weight excluding hydrogens is 466 g/mol. The number of imide groups is 1. The highest BCUT2D eigenvalue weighted by molar-refractivity contribution is 6.53. The molecule has 7 nitrogen and oxygen atoms in total. The van der Waals surface area contributed by atoms with Gasteiger partial charge in [-0.05, 0) is 60.0 Å². The fraction of sp³-hybridized carbons (Fsp3) is 0. The van der Waals surface area contributed by atoms with Crippen molar-refractivity contribution in [3.63, 3.8) is 0 Å². The standard InChI is InChI=1S/C27H18ClN3O4/c28-23-24(26(33)31(25(23)32)22-7-3-5-16-4-1-2-6-21(16)22)30-19-12-8-17(9-13-19)27(34)35-20-14-10-18(29)11-15-20/h1-15,30H,29H2. The second-order valence-corrected chi connectivity index (χ2v) is 8.17. The number of nitrogens with two attached hydrogens (primary N) is 1. The summed E-state index contributed by atoms with van der Waals surface area (Å²) < 4.78 is 5.32. The summed E-state index contributed by atoms with van der Waals surface area (Å²) in [7, 11) is 0.